The molecular formula is C20H38F4. The lowest BCUT2D eigenvalue weighted by Gasteiger charge is -1.88. The Morgan fingerprint density at radius 3 is 0.542 bits per heavy atom. The summed E-state index contributed by atoms with van der Waals surface area (Å²) in [6, 6.07) is 0. The molecule has 0 aromatic heterocycles. The molecule has 0 heterocycles. The van der Waals surface area contributed by atoms with Crippen LogP contribution in [0.15, 0.2) is 46.6 Å². The summed E-state index contributed by atoms with van der Waals surface area (Å²) >= 11 is 0. The molecule has 0 fully saturated rings. The van der Waals surface area contributed by atoms with Crippen LogP contribution in [0, 0.1) is 0 Å². The van der Waals surface area contributed by atoms with Crippen molar-refractivity contribution < 1.29 is 17.6 Å². The Hall–Kier alpha value is -1.32. The van der Waals surface area contributed by atoms with Gasteiger partial charge in [0, 0.05) is 0 Å². The van der Waals surface area contributed by atoms with E-state index >= 15 is 0 Å². The van der Waals surface area contributed by atoms with Gasteiger partial charge in [-0.2, -0.15) is 17.6 Å². The van der Waals surface area contributed by atoms with Crippen LogP contribution >= 0.6 is 0 Å². The van der Waals surface area contributed by atoms with Gasteiger partial charge in [0.05, 0.1) is 0 Å². The SMILES string of the molecule is C=C(C)C.CC.CC(C)=C(C)C.CC(C)=C(F)F.CC(C)=C(F)F. The van der Waals surface area contributed by atoms with Crippen molar-refractivity contribution in [3.63, 3.8) is 0 Å². The Kier molecular flexibility index (Phi) is 34.0. The molecule has 0 saturated carbocycles. The van der Waals surface area contributed by atoms with E-state index < -0.39 is 12.2 Å². The van der Waals surface area contributed by atoms with E-state index in [-0.39, 0.29) is 11.1 Å². The average Bonchev–Trinajstić information content (AvgIpc) is 2.41. The molecule has 24 heavy (non-hydrogen) atoms. The second-order valence-corrected chi connectivity index (χ2v) is 5.73. The second-order valence-electron chi connectivity index (χ2n) is 5.73. The van der Waals surface area contributed by atoms with Crippen molar-refractivity contribution in [3.8, 4) is 0 Å². The molecule has 0 aliphatic rings. The van der Waals surface area contributed by atoms with Gasteiger partial charge >= 0.3 is 0 Å². The van der Waals surface area contributed by atoms with Gasteiger partial charge in [0.1, 0.15) is 0 Å². The number of hydrogen-bond donors (Lipinski definition) is 0. The number of allylic oxidation sites excluding steroid dienone is 5. The van der Waals surface area contributed by atoms with Crippen LogP contribution in [0.2, 0.25) is 0 Å². The minimum absolute atomic E-state index is 0.0926. The first-order chi connectivity index (χ1) is 10.7. The zero-order chi connectivity index (χ0) is 21.0. The molecule has 0 aromatic rings. The van der Waals surface area contributed by atoms with Crippen LogP contribution in [0.1, 0.15) is 83.1 Å². The van der Waals surface area contributed by atoms with E-state index in [0.717, 1.165) is 0 Å². The van der Waals surface area contributed by atoms with Crippen LogP contribution in [0.5, 0.6) is 0 Å². The number of rotatable bonds is 0. The maximum atomic E-state index is 11.0. The summed E-state index contributed by atoms with van der Waals surface area (Å²) in [6.45, 7) is 25.5. The zero-order valence-electron chi connectivity index (χ0n) is 17.7. The van der Waals surface area contributed by atoms with Gasteiger partial charge in [-0.15, -0.1) is 6.58 Å². The normalized spacial score (nSPS) is 7.33. The van der Waals surface area contributed by atoms with Gasteiger partial charge in [-0.1, -0.05) is 30.6 Å². The van der Waals surface area contributed by atoms with Crippen LogP contribution in [0.3, 0.4) is 0 Å². The number of hydrogen-bond acceptors (Lipinski definition) is 0. The van der Waals surface area contributed by atoms with Gasteiger partial charge in [-0.05, 0) is 80.4 Å². The summed E-state index contributed by atoms with van der Waals surface area (Å²) in [6.07, 6.45) is -3.15. The summed E-state index contributed by atoms with van der Waals surface area (Å²) in [5, 5.41) is 0. The van der Waals surface area contributed by atoms with Gasteiger partial charge in [0.25, 0.3) is 12.2 Å². The lowest BCUT2D eigenvalue weighted by Crippen LogP contribution is -1.66. The molecule has 0 N–H and O–H groups in total. The van der Waals surface area contributed by atoms with Crippen molar-refractivity contribution in [2.45, 2.75) is 83.1 Å². The molecule has 0 aromatic carbocycles. The quantitative estimate of drug-likeness (QED) is 0.300. The fourth-order valence-corrected chi connectivity index (χ4v) is 0. The topological polar surface area (TPSA) is 0 Å². The summed E-state index contributed by atoms with van der Waals surface area (Å²) < 4.78 is 44.1. The Morgan fingerprint density at radius 2 is 0.542 bits per heavy atom. The van der Waals surface area contributed by atoms with Gasteiger partial charge in [-0.3, -0.25) is 0 Å². The molecule has 0 aliphatic heterocycles. The highest BCUT2D eigenvalue weighted by Gasteiger charge is 1.87. The predicted molar refractivity (Wildman–Crippen MR) is 103 cm³/mol. The minimum atomic E-state index is -1.57. The lowest BCUT2D eigenvalue weighted by atomic mass is 10.2. The highest BCUT2D eigenvalue weighted by Crippen LogP contribution is 2.03. The van der Waals surface area contributed by atoms with Gasteiger partial charge in [0.15, 0.2) is 0 Å². The Balaban J connectivity index is -0.0000000652. The lowest BCUT2D eigenvalue weighted by molar-refractivity contribution is 0.411. The van der Waals surface area contributed by atoms with E-state index in [2.05, 4.69) is 34.3 Å². The van der Waals surface area contributed by atoms with Crippen molar-refractivity contribution in [2.24, 2.45) is 0 Å². The van der Waals surface area contributed by atoms with Crippen LogP contribution < -0.4 is 0 Å². The fraction of sp³-hybridized carbons (Fsp3) is 0.600. The fourth-order valence-electron chi connectivity index (χ4n) is 0. The predicted octanol–water partition coefficient (Wildman–Crippen LogP) is 9.32. The molecule has 0 rings (SSSR count). The first-order valence-electron chi connectivity index (χ1n) is 7.86. The molecule has 0 saturated heterocycles. The number of halogens is 4. The zero-order valence-corrected chi connectivity index (χ0v) is 17.7. The molecule has 0 atom stereocenters. The maximum absolute atomic E-state index is 11.0. The molecule has 0 spiro atoms. The van der Waals surface area contributed by atoms with E-state index in [4.69, 9.17) is 0 Å². The van der Waals surface area contributed by atoms with Crippen molar-refractivity contribution in [2.75, 3.05) is 0 Å². The summed E-state index contributed by atoms with van der Waals surface area (Å²) in [5.41, 5.74) is 4.20. The van der Waals surface area contributed by atoms with Crippen molar-refractivity contribution in [3.05, 3.63) is 46.6 Å². The molecule has 0 radical (unpaired) electrons. The van der Waals surface area contributed by atoms with E-state index in [1.165, 1.54) is 44.4 Å². The van der Waals surface area contributed by atoms with Gasteiger partial charge in [0.2, 0.25) is 0 Å². The molecule has 0 aliphatic carbocycles. The smallest absolute Gasteiger partial charge is 0.173 e. The van der Waals surface area contributed by atoms with E-state index in [1.807, 2.05) is 27.7 Å². The first-order valence-corrected chi connectivity index (χ1v) is 7.86. The molecule has 0 bridgehead atoms. The van der Waals surface area contributed by atoms with Crippen molar-refractivity contribution in [1.29, 1.82) is 0 Å². The molecule has 0 amide bonds. The van der Waals surface area contributed by atoms with E-state index in [0.29, 0.717) is 0 Å². The van der Waals surface area contributed by atoms with Gasteiger partial charge < -0.3 is 0 Å². The van der Waals surface area contributed by atoms with Gasteiger partial charge in [-0.25, -0.2) is 0 Å². The summed E-state index contributed by atoms with van der Waals surface area (Å²) in [7, 11) is 0. The Bertz CT molecular complexity index is 290. The Labute approximate surface area is 148 Å². The monoisotopic (exact) mass is 354 g/mol. The third kappa shape index (κ3) is 70.2. The summed E-state index contributed by atoms with van der Waals surface area (Å²) in [4.78, 5) is 0. The Morgan fingerprint density at radius 1 is 0.458 bits per heavy atom. The molecule has 146 valence electrons. The maximum Gasteiger partial charge on any atom is 0.268 e. The average molecular weight is 355 g/mol. The van der Waals surface area contributed by atoms with Crippen molar-refractivity contribution in [1.82, 2.24) is 0 Å². The third-order valence-electron chi connectivity index (χ3n) is 1.76. The van der Waals surface area contributed by atoms with Crippen molar-refractivity contribution >= 4 is 0 Å². The molecule has 0 unspecified atom stereocenters. The molecular weight excluding hydrogens is 316 g/mol. The van der Waals surface area contributed by atoms with Crippen LogP contribution in [-0.4, -0.2) is 0 Å². The van der Waals surface area contributed by atoms with Crippen LogP contribution in [-0.2, 0) is 0 Å². The first kappa shape index (κ1) is 34.1. The van der Waals surface area contributed by atoms with Crippen LogP contribution in [0.25, 0.3) is 0 Å². The standard InChI is InChI=1S/C6H12.2C4H6F2.C4H8.C2H6/c1-5(2)6(3)4;2*1-3(2)4(5)6;1-4(2)3;1-2/h1-4H3;2*1-2H3;1H2,2-3H3;1-2H3. The summed E-state index contributed by atoms with van der Waals surface area (Å²) in [5.74, 6) is 0. The second kappa shape index (κ2) is 23.9. The molecule has 0 nitrogen and oxygen atoms in total. The highest BCUT2D eigenvalue weighted by molar-refractivity contribution is 5.02. The minimum Gasteiger partial charge on any atom is -0.173 e. The van der Waals surface area contributed by atoms with E-state index in [1.54, 1.807) is 0 Å². The van der Waals surface area contributed by atoms with E-state index in [9.17, 15) is 17.6 Å². The third-order valence-corrected chi connectivity index (χ3v) is 1.76. The highest BCUT2D eigenvalue weighted by atomic mass is 19.3. The molecule has 4 heteroatoms. The van der Waals surface area contributed by atoms with Crippen LogP contribution in [0.4, 0.5) is 17.6 Å². The largest absolute Gasteiger partial charge is 0.268 e.